The predicted octanol–water partition coefficient (Wildman–Crippen LogP) is 2.32. The average molecular weight is 1020 g/mol. The molecule has 20 heteroatoms. The molecule has 1 aromatic heterocycles. The van der Waals surface area contributed by atoms with E-state index in [1.165, 1.54) is 47.0 Å². The van der Waals surface area contributed by atoms with Crippen molar-refractivity contribution in [3.05, 3.63) is 89.7 Å². The number of carbonyl (C=O) groups is 8. The number of hydrogen-bond donors (Lipinski definition) is 4. The largest absolute Gasteiger partial charge is 0.505 e. The van der Waals surface area contributed by atoms with Gasteiger partial charge in [0.1, 0.15) is 47.8 Å². The van der Waals surface area contributed by atoms with Crippen LogP contribution in [0.15, 0.2) is 72.9 Å². The van der Waals surface area contributed by atoms with E-state index in [9.17, 15) is 29.1 Å². The molecule has 9 atom stereocenters. The molecule has 3 aromatic rings. The zero-order valence-electron chi connectivity index (χ0n) is 42.1. The zero-order valence-corrected chi connectivity index (χ0v) is 42.9. The Balaban J connectivity index is 1.19. The Morgan fingerprint density at radius 2 is 1.58 bits per heavy atom. The standard InChI is InChI=1S/C53H67N9O10S/c1-6-37-50(68)61-23-11-14-38(61)51(69)59(5)40(26-32-16-18-36(19-17-32)58(3)4)52(70)62-28-35(30-73-43-29-60-24-20-33(43)21-25-60)42(64)27-39(62)47(65)57-45(34-12-8-7-9-13-34)53(71)72-31(2)44(48(66)55-37)56-49(67)46-41(63)15-10-22-54-46/h7-10,12-13,15-19,22,31,33,35,37-40,43-45,63H,6,11,14,20-21,23-30H2,1-5H3,(H,55,66)(H,56,67)(H,57,65)/t31-,35+,37?,38+,39+,40?,43-,44+,45+/m1/s1. The molecule has 73 heavy (non-hydrogen) atoms. The minimum atomic E-state index is -1.69. The highest BCUT2D eigenvalue weighted by molar-refractivity contribution is 8.00. The second-order valence-corrected chi connectivity index (χ2v) is 21.4. The van der Waals surface area contributed by atoms with Crippen molar-refractivity contribution in [3.63, 3.8) is 0 Å². The van der Waals surface area contributed by atoms with E-state index in [0.717, 1.165) is 43.7 Å². The van der Waals surface area contributed by atoms with E-state index in [1.54, 1.807) is 49.0 Å². The molecular weight excluding hydrogens is 955 g/mol. The molecule has 0 radical (unpaired) electrons. The van der Waals surface area contributed by atoms with E-state index >= 15 is 14.4 Å². The fraction of sp³-hybridized carbons (Fsp3) is 0.528. The number of ketones is 1. The highest BCUT2D eigenvalue weighted by Gasteiger charge is 2.48. The van der Waals surface area contributed by atoms with E-state index in [-0.39, 0.29) is 50.1 Å². The monoisotopic (exact) mass is 1020 g/mol. The van der Waals surface area contributed by atoms with Crippen LogP contribution in [0, 0.1) is 11.8 Å². The molecule has 390 valence electrons. The lowest BCUT2D eigenvalue weighted by atomic mass is 9.88. The van der Waals surface area contributed by atoms with Crippen LogP contribution in [0.4, 0.5) is 5.69 Å². The van der Waals surface area contributed by atoms with Gasteiger partial charge in [-0.3, -0.25) is 33.6 Å². The number of hydrogen-bond acceptors (Lipinski definition) is 14. The normalized spacial score (nSPS) is 29.5. The smallest absolute Gasteiger partial charge is 0.333 e. The number of fused-ring (bicyclic) bond motifs is 5. The van der Waals surface area contributed by atoms with Crippen LogP contribution in [-0.2, 0) is 44.7 Å². The summed E-state index contributed by atoms with van der Waals surface area (Å²) in [4.78, 5) is 130. The number of likely N-dealkylation sites (N-methyl/N-ethyl adjacent to an activating group) is 1. The van der Waals surface area contributed by atoms with Crippen molar-refractivity contribution in [1.29, 1.82) is 0 Å². The SMILES string of the molecule is CCC1NC(=O)[C@@H](NC(=O)c2ncccc2O)[C@@H](C)OC(=O)[C@H](c2ccccc2)NC(=O)[C@@H]2CC(=O)[C@H](CS[C@@H]3CN4CCC3CC4)CN2C(=O)C(Cc2ccc(N(C)C)cc2)N(C)C(=O)[C@@H]2CCCN2C1=O. The first-order valence-electron chi connectivity index (χ1n) is 25.3. The molecule has 4 N–H and O–H groups in total. The van der Waals surface area contributed by atoms with Crippen molar-refractivity contribution in [1.82, 2.24) is 40.5 Å². The molecule has 0 saturated carbocycles. The molecule has 6 saturated heterocycles. The van der Waals surface area contributed by atoms with Crippen molar-refractivity contribution in [2.45, 2.75) is 106 Å². The third-order valence-electron chi connectivity index (χ3n) is 15.2. The van der Waals surface area contributed by atoms with E-state index in [2.05, 4.69) is 25.8 Å². The van der Waals surface area contributed by atoms with Crippen LogP contribution in [0.25, 0.3) is 0 Å². The van der Waals surface area contributed by atoms with Gasteiger partial charge in [-0.2, -0.15) is 11.8 Å². The fourth-order valence-corrected chi connectivity index (χ4v) is 12.4. The van der Waals surface area contributed by atoms with Crippen LogP contribution in [0.1, 0.15) is 80.0 Å². The van der Waals surface area contributed by atoms with Gasteiger partial charge in [0.05, 0.1) is 0 Å². The number of piperidine rings is 4. The summed E-state index contributed by atoms with van der Waals surface area (Å²) in [6, 6.07) is 10.3. The van der Waals surface area contributed by atoms with Gasteiger partial charge in [-0.25, -0.2) is 9.78 Å². The van der Waals surface area contributed by atoms with Gasteiger partial charge in [0.2, 0.25) is 29.5 Å². The Kier molecular flexibility index (Phi) is 16.7. The highest BCUT2D eigenvalue weighted by atomic mass is 32.2. The number of esters is 1. The Morgan fingerprint density at radius 3 is 2.23 bits per heavy atom. The summed E-state index contributed by atoms with van der Waals surface area (Å²) in [7, 11) is 5.33. The first kappa shape index (κ1) is 52.8. The summed E-state index contributed by atoms with van der Waals surface area (Å²) in [6.45, 7) is 6.11. The van der Waals surface area contributed by atoms with Crippen LogP contribution in [0.3, 0.4) is 0 Å². The lowest BCUT2D eigenvalue weighted by Crippen LogP contribution is -2.63. The van der Waals surface area contributed by atoms with Crippen molar-refractivity contribution in [2.75, 3.05) is 64.5 Å². The number of benzene rings is 2. The quantitative estimate of drug-likeness (QED) is 0.214. The molecule has 6 aliphatic rings. The number of ether oxygens (including phenoxy) is 1. The second-order valence-electron chi connectivity index (χ2n) is 20.1. The molecule has 2 aromatic carbocycles. The maximum atomic E-state index is 15.7. The lowest BCUT2D eigenvalue weighted by Gasteiger charge is -2.45. The molecule has 6 amide bonds. The molecule has 0 aliphatic carbocycles. The Bertz CT molecular complexity index is 2540. The van der Waals surface area contributed by atoms with E-state index in [4.69, 9.17) is 4.74 Å². The topological polar surface area (TPSA) is 231 Å². The molecule has 2 bridgehead atoms. The number of rotatable bonds is 10. The summed E-state index contributed by atoms with van der Waals surface area (Å²) < 4.78 is 5.97. The Morgan fingerprint density at radius 1 is 0.849 bits per heavy atom. The number of thioether (sulfide) groups is 1. The van der Waals surface area contributed by atoms with Gasteiger partial charge in [0, 0.05) is 82.4 Å². The minimum Gasteiger partial charge on any atom is -0.505 e. The maximum absolute atomic E-state index is 15.7. The maximum Gasteiger partial charge on any atom is 0.333 e. The third-order valence-corrected chi connectivity index (χ3v) is 16.7. The van der Waals surface area contributed by atoms with Gasteiger partial charge in [0.15, 0.2) is 11.7 Å². The number of carbonyl (C=O) groups excluding carboxylic acids is 8. The van der Waals surface area contributed by atoms with Crippen molar-refractivity contribution < 1.29 is 48.2 Å². The Labute approximate surface area is 430 Å². The number of nitrogens with zero attached hydrogens (tertiary/aromatic N) is 6. The molecule has 19 nitrogen and oxygen atoms in total. The zero-order chi connectivity index (χ0) is 52.1. The van der Waals surface area contributed by atoms with Gasteiger partial charge < -0.3 is 50.3 Å². The highest BCUT2D eigenvalue weighted by Crippen LogP contribution is 2.37. The van der Waals surface area contributed by atoms with Gasteiger partial charge in [-0.05, 0) is 93.4 Å². The van der Waals surface area contributed by atoms with E-state index in [0.29, 0.717) is 23.3 Å². The van der Waals surface area contributed by atoms with Gasteiger partial charge >= 0.3 is 5.97 Å². The summed E-state index contributed by atoms with van der Waals surface area (Å²) in [5, 5.41) is 18.8. The number of cyclic esters (lactones) is 1. The first-order valence-corrected chi connectivity index (χ1v) is 26.4. The summed E-state index contributed by atoms with van der Waals surface area (Å²) in [5.74, 6) is -5.83. The number of Topliss-reactive ketones (excluding diaryl/α,β-unsaturated/α-hetero) is 1. The summed E-state index contributed by atoms with van der Waals surface area (Å²) in [6.07, 6.45) is 2.40. The summed E-state index contributed by atoms with van der Waals surface area (Å²) in [5.41, 5.74) is 1.49. The second kappa shape index (κ2) is 23.1. The first-order chi connectivity index (χ1) is 35.0. The molecule has 2 unspecified atom stereocenters. The van der Waals surface area contributed by atoms with E-state index < -0.39 is 101 Å². The molecule has 9 rings (SSSR count). The van der Waals surface area contributed by atoms with E-state index in [1.807, 2.05) is 43.3 Å². The van der Waals surface area contributed by atoms with Gasteiger partial charge in [-0.15, -0.1) is 0 Å². The van der Waals surface area contributed by atoms with Crippen LogP contribution in [0.2, 0.25) is 0 Å². The molecular formula is C53H67N9O10S. The number of aromatic hydroxyl groups is 1. The number of anilines is 1. The average Bonchev–Trinajstić information content (AvgIpc) is 3.89. The van der Waals surface area contributed by atoms with Crippen molar-refractivity contribution in [2.24, 2.45) is 11.8 Å². The van der Waals surface area contributed by atoms with Crippen molar-refractivity contribution >= 4 is 64.6 Å². The summed E-state index contributed by atoms with van der Waals surface area (Å²) >= 11 is 1.73. The fourth-order valence-electron chi connectivity index (χ4n) is 10.8. The molecule has 7 heterocycles. The number of pyridine rings is 1. The van der Waals surface area contributed by atoms with Crippen LogP contribution < -0.4 is 20.9 Å². The Hall–Kier alpha value is -6.54. The van der Waals surface area contributed by atoms with Crippen LogP contribution >= 0.6 is 11.8 Å². The van der Waals surface area contributed by atoms with Crippen LogP contribution in [-0.4, -0.2) is 178 Å². The van der Waals surface area contributed by atoms with Gasteiger partial charge in [-0.1, -0.05) is 49.4 Å². The molecule has 6 fully saturated rings. The predicted molar refractivity (Wildman–Crippen MR) is 272 cm³/mol. The number of aromatic nitrogens is 1. The lowest BCUT2D eigenvalue weighted by molar-refractivity contribution is -0.157. The number of amides is 6. The number of nitrogens with one attached hydrogen (secondary N) is 3. The molecule has 6 aliphatic heterocycles. The van der Waals surface area contributed by atoms with Crippen LogP contribution in [0.5, 0.6) is 5.75 Å². The minimum absolute atomic E-state index is 0.0289. The van der Waals surface area contributed by atoms with Crippen molar-refractivity contribution in [3.8, 4) is 5.75 Å². The molecule has 0 spiro atoms. The third kappa shape index (κ3) is 11.8. The van der Waals surface area contributed by atoms with Gasteiger partial charge in [0.25, 0.3) is 5.91 Å².